The van der Waals surface area contributed by atoms with Crippen molar-refractivity contribution < 1.29 is 4.74 Å². The Balaban J connectivity index is 1.81. The third kappa shape index (κ3) is 3.07. The van der Waals surface area contributed by atoms with E-state index in [1.54, 1.807) is 0 Å². The van der Waals surface area contributed by atoms with Gasteiger partial charge in [0.05, 0.1) is 5.60 Å². The summed E-state index contributed by atoms with van der Waals surface area (Å²) in [6.07, 6.45) is 6.06. The van der Waals surface area contributed by atoms with E-state index in [4.69, 9.17) is 10.5 Å². The molecule has 21 heavy (non-hydrogen) atoms. The molecular weight excluding hydrogens is 262 g/mol. The third-order valence-electron chi connectivity index (χ3n) is 4.33. The van der Waals surface area contributed by atoms with Crippen LogP contribution in [0.5, 0.6) is 0 Å². The van der Waals surface area contributed by atoms with Crippen molar-refractivity contribution in [2.45, 2.75) is 31.4 Å². The van der Waals surface area contributed by atoms with E-state index in [-0.39, 0.29) is 11.6 Å². The Bertz CT molecular complexity index is 603. The quantitative estimate of drug-likeness (QED) is 0.885. The topological polar surface area (TPSA) is 60.2 Å². The van der Waals surface area contributed by atoms with E-state index in [1.165, 1.54) is 5.39 Å². The average Bonchev–Trinajstić information content (AvgIpc) is 2.95. The van der Waals surface area contributed by atoms with Gasteiger partial charge in [-0.1, -0.05) is 24.3 Å². The number of nitrogens with one attached hydrogen (secondary N) is 1. The van der Waals surface area contributed by atoms with Gasteiger partial charge in [0.15, 0.2) is 0 Å². The van der Waals surface area contributed by atoms with Gasteiger partial charge in [0.2, 0.25) is 0 Å². The molecule has 0 aliphatic carbocycles. The summed E-state index contributed by atoms with van der Waals surface area (Å²) in [7, 11) is 0. The summed E-state index contributed by atoms with van der Waals surface area (Å²) in [6.45, 7) is 4.40. The van der Waals surface area contributed by atoms with E-state index in [1.807, 2.05) is 18.5 Å². The molecule has 2 unspecified atom stereocenters. The van der Waals surface area contributed by atoms with Gasteiger partial charge in [0, 0.05) is 43.5 Å². The second kappa shape index (κ2) is 6.10. The van der Waals surface area contributed by atoms with Crippen molar-refractivity contribution in [1.82, 2.24) is 10.3 Å². The number of fused-ring (bicyclic) bond motifs is 1. The fourth-order valence-corrected chi connectivity index (χ4v) is 3.05. The van der Waals surface area contributed by atoms with Crippen LogP contribution >= 0.6 is 0 Å². The van der Waals surface area contributed by atoms with Crippen LogP contribution in [0.4, 0.5) is 0 Å². The lowest BCUT2D eigenvalue weighted by Gasteiger charge is -2.27. The maximum absolute atomic E-state index is 5.99. The Kier molecular flexibility index (Phi) is 4.19. The minimum Gasteiger partial charge on any atom is -0.374 e. The molecule has 3 rings (SSSR count). The largest absolute Gasteiger partial charge is 0.374 e. The molecular formula is C17H23N3O. The van der Waals surface area contributed by atoms with Crippen LogP contribution < -0.4 is 11.1 Å². The number of ether oxygens (including phenoxy) is 1. The molecule has 0 radical (unpaired) electrons. The molecule has 4 heteroatoms. The van der Waals surface area contributed by atoms with Crippen LogP contribution in [0.3, 0.4) is 0 Å². The Morgan fingerprint density at radius 3 is 3.00 bits per heavy atom. The molecule has 1 saturated heterocycles. The van der Waals surface area contributed by atoms with E-state index in [9.17, 15) is 0 Å². The molecule has 1 aromatic heterocycles. The first-order valence-corrected chi connectivity index (χ1v) is 7.62. The number of rotatable bonds is 5. The van der Waals surface area contributed by atoms with Crippen LogP contribution in [0, 0.1) is 0 Å². The van der Waals surface area contributed by atoms with Crippen molar-refractivity contribution in [3.8, 4) is 0 Å². The number of nitrogens with zero attached hydrogens (tertiary/aromatic N) is 1. The zero-order valence-electron chi connectivity index (χ0n) is 12.5. The summed E-state index contributed by atoms with van der Waals surface area (Å²) in [5.41, 5.74) is 7.09. The van der Waals surface area contributed by atoms with E-state index >= 15 is 0 Å². The molecule has 1 fully saturated rings. The Hall–Kier alpha value is -1.49. The zero-order valence-corrected chi connectivity index (χ0v) is 12.5. The number of hydrogen-bond donors (Lipinski definition) is 2. The first-order valence-electron chi connectivity index (χ1n) is 7.62. The van der Waals surface area contributed by atoms with E-state index in [0.717, 1.165) is 36.9 Å². The SMILES string of the molecule is CC1(CNC(CN)c2cncc3ccccc23)CCCO1. The molecule has 1 aliphatic heterocycles. The van der Waals surface area contributed by atoms with Crippen molar-refractivity contribution in [3.05, 3.63) is 42.2 Å². The van der Waals surface area contributed by atoms with Crippen LogP contribution in [0.2, 0.25) is 0 Å². The predicted octanol–water partition coefficient (Wildman–Crippen LogP) is 2.39. The molecule has 2 heterocycles. The smallest absolute Gasteiger partial charge is 0.0779 e. The summed E-state index contributed by atoms with van der Waals surface area (Å²) in [6, 6.07) is 8.41. The molecule has 1 aliphatic rings. The van der Waals surface area contributed by atoms with Crippen LogP contribution in [-0.4, -0.2) is 30.3 Å². The van der Waals surface area contributed by atoms with Gasteiger partial charge < -0.3 is 15.8 Å². The number of hydrogen-bond acceptors (Lipinski definition) is 4. The third-order valence-corrected chi connectivity index (χ3v) is 4.33. The molecule has 0 spiro atoms. The van der Waals surface area contributed by atoms with Crippen molar-refractivity contribution >= 4 is 10.8 Å². The van der Waals surface area contributed by atoms with Gasteiger partial charge >= 0.3 is 0 Å². The van der Waals surface area contributed by atoms with Crippen LogP contribution in [0.15, 0.2) is 36.7 Å². The molecule has 1 aromatic carbocycles. The highest BCUT2D eigenvalue weighted by Crippen LogP contribution is 2.27. The second-order valence-electron chi connectivity index (χ2n) is 6.02. The number of pyridine rings is 1. The monoisotopic (exact) mass is 285 g/mol. The maximum atomic E-state index is 5.99. The highest BCUT2D eigenvalue weighted by atomic mass is 16.5. The predicted molar refractivity (Wildman–Crippen MR) is 85.1 cm³/mol. The van der Waals surface area contributed by atoms with Crippen molar-refractivity contribution in [1.29, 1.82) is 0 Å². The highest BCUT2D eigenvalue weighted by molar-refractivity contribution is 5.85. The summed E-state index contributed by atoms with van der Waals surface area (Å²) in [4.78, 5) is 4.35. The summed E-state index contributed by atoms with van der Waals surface area (Å²) in [5, 5.41) is 5.94. The standard InChI is InChI=1S/C17H23N3O/c1-17(7-4-8-21-17)12-20-16(9-18)15-11-19-10-13-5-2-3-6-14(13)15/h2-3,5-6,10-11,16,20H,4,7-9,12,18H2,1H3. The van der Waals surface area contributed by atoms with Crippen LogP contribution in [0.1, 0.15) is 31.4 Å². The summed E-state index contributed by atoms with van der Waals surface area (Å²) < 4.78 is 5.84. The van der Waals surface area contributed by atoms with E-state index < -0.39 is 0 Å². The molecule has 0 saturated carbocycles. The van der Waals surface area contributed by atoms with Crippen molar-refractivity contribution in [2.24, 2.45) is 5.73 Å². The Morgan fingerprint density at radius 1 is 1.38 bits per heavy atom. The minimum absolute atomic E-state index is 0.0641. The lowest BCUT2D eigenvalue weighted by Crippen LogP contribution is -2.41. The molecule has 0 bridgehead atoms. The first kappa shape index (κ1) is 14.4. The van der Waals surface area contributed by atoms with Gasteiger partial charge in [-0.15, -0.1) is 0 Å². The fraction of sp³-hybridized carbons (Fsp3) is 0.471. The minimum atomic E-state index is -0.0641. The van der Waals surface area contributed by atoms with Crippen molar-refractivity contribution in [3.63, 3.8) is 0 Å². The normalized spacial score (nSPS) is 23.5. The lowest BCUT2D eigenvalue weighted by atomic mass is 9.99. The fourth-order valence-electron chi connectivity index (χ4n) is 3.05. The Labute approximate surface area is 125 Å². The first-order chi connectivity index (χ1) is 10.2. The number of nitrogens with two attached hydrogens (primary N) is 1. The van der Waals surface area contributed by atoms with Gasteiger partial charge in [-0.25, -0.2) is 0 Å². The highest BCUT2D eigenvalue weighted by Gasteiger charge is 2.30. The van der Waals surface area contributed by atoms with Crippen molar-refractivity contribution in [2.75, 3.05) is 19.7 Å². The molecule has 0 amide bonds. The average molecular weight is 285 g/mol. The van der Waals surface area contributed by atoms with Gasteiger partial charge in [-0.05, 0) is 30.7 Å². The maximum Gasteiger partial charge on any atom is 0.0779 e. The molecule has 2 aromatic rings. The summed E-state index contributed by atoms with van der Waals surface area (Å²) in [5.74, 6) is 0. The molecule has 112 valence electrons. The molecule has 3 N–H and O–H groups in total. The van der Waals surface area contributed by atoms with Crippen LogP contribution in [-0.2, 0) is 4.74 Å². The Morgan fingerprint density at radius 2 is 2.24 bits per heavy atom. The van der Waals surface area contributed by atoms with Gasteiger partial charge in [-0.2, -0.15) is 0 Å². The number of benzene rings is 1. The van der Waals surface area contributed by atoms with E-state index in [0.29, 0.717) is 6.54 Å². The van der Waals surface area contributed by atoms with Crippen LogP contribution in [0.25, 0.3) is 10.8 Å². The summed E-state index contributed by atoms with van der Waals surface area (Å²) >= 11 is 0. The second-order valence-corrected chi connectivity index (χ2v) is 6.02. The van der Waals surface area contributed by atoms with Gasteiger partial charge in [0.25, 0.3) is 0 Å². The zero-order chi connectivity index (χ0) is 14.7. The van der Waals surface area contributed by atoms with Gasteiger partial charge in [0.1, 0.15) is 0 Å². The molecule has 2 atom stereocenters. The molecule has 4 nitrogen and oxygen atoms in total. The number of aromatic nitrogens is 1. The van der Waals surface area contributed by atoms with E-state index in [2.05, 4.69) is 35.4 Å². The lowest BCUT2D eigenvalue weighted by molar-refractivity contribution is 0.0189. The van der Waals surface area contributed by atoms with Gasteiger partial charge in [-0.3, -0.25) is 4.98 Å².